The molecule has 0 atom stereocenters. The second kappa shape index (κ2) is 9.05. The van der Waals surface area contributed by atoms with E-state index in [9.17, 15) is 0 Å². The molecule has 0 saturated heterocycles. The van der Waals surface area contributed by atoms with E-state index >= 15 is 0 Å². The van der Waals surface area contributed by atoms with Crippen LogP contribution in [-0.2, 0) is 17.1 Å². The van der Waals surface area contributed by atoms with E-state index in [1.54, 1.807) is 12.2 Å². The average molecular weight is 365 g/mol. The normalized spacial score (nSPS) is 9.83. The molecule has 1 radical (unpaired) electrons. The fourth-order valence-electron chi connectivity index (χ4n) is 2.05. The van der Waals surface area contributed by atoms with E-state index in [-0.39, 0.29) is 23.4 Å². The monoisotopic (exact) mass is 365 g/mol. The first-order valence-corrected chi connectivity index (χ1v) is 7.34. The minimum Gasteiger partial charge on any atom is -0.227 e. The Kier molecular flexibility index (Phi) is 7.42. The summed E-state index contributed by atoms with van der Waals surface area (Å²) < 4.78 is 5.57. The molecule has 0 aliphatic rings. The summed E-state index contributed by atoms with van der Waals surface area (Å²) in [6.07, 6.45) is 8.88. The van der Waals surface area contributed by atoms with Crippen LogP contribution in [0.1, 0.15) is 23.4 Å². The molecule has 3 aromatic rings. The van der Waals surface area contributed by atoms with Gasteiger partial charge in [-0.15, -0.1) is 0 Å². The van der Waals surface area contributed by atoms with Crippen LogP contribution >= 0.6 is 0 Å². The van der Waals surface area contributed by atoms with E-state index in [0.717, 1.165) is 17.1 Å². The van der Waals surface area contributed by atoms with E-state index in [2.05, 4.69) is 28.5 Å². The Balaban J connectivity index is 0.000000522. The van der Waals surface area contributed by atoms with Gasteiger partial charge in [-0.3, -0.25) is 0 Å². The predicted molar refractivity (Wildman–Crippen MR) is 91.1 cm³/mol. The second-order valence-electron chi connectivity index (χ2n) is 5.13. The van der Waals surface area contributed by atoms with Crippen LogP contribution < -0.4 is 0 Å². The van der Waals surface area contributed by atoms with Crippen molar-refractivity contribution < 1.29 is 17.1 Å². The topological polar surface area (TPSA) is 53.5 Å². The molecular formula is C17H22MnN6. The van der Waals surface area contributed by atoms with Gasteiger partial charge in [0.15, 0.2) is 0 Å². The van der Waals surface area contributed by atoms with Gasteiger partial charge in [-0.25, -0.2) is 14.0 Å². The van der Waals surface area contributed by atoms with Crippen molar-refractivity contribution in [2.24, 2.45) is 0 Å². The van der Waals surface area contributed by atoms with Crippen LogP contribution in [0.2, 0.25) is 0 Å². The molecule has 0 spiro atoms. The van der Waals surface area contributed by atoms with E-state index in [1.807, 2.05) is 71.6 Å². The van der Waals surface area contributed by atoms with E-state index < -0.39 is 0 Å². The SMILES string of the molecule is C=CC=C.Cc1ccn(C(n2ccc(C)n2)n2ccc(C)n2)n1.[Mn]. The van der Waals surface area contributed by atoms with Crippen molar-refractivity contribution in [3.8, 4) is 0 Å². The summed E-state index contributed by atoms with van der Waals surface area (Å²) >= 11 is 0. The number of hydrogen-bond acceptors (Lipinski definition) is 3. The molecule has 3 heterocycles. The van der Waals surface area contributed by atoms with Crippen LogP contribution in [0.3, 0.4) is 0 Å². The first-order valence-electron chi connectivity index (χ1n) is 7.34. The van der Waals surface area contributed by atoms with E-state index in [4.69, 9.17) is 0 Å². The fraction of sp³-hybridized carbons (Fsp3) is 0.235. The quantitative estimate of drug-likeness (QED) is 0.527. The molecule has 7 heteroatoms. The summed E-state index contributed by atoms with van der Waals surface area (Å²) in [6, 6.07) is 5.92. The van der Waals surface area contributed by atoms with Crippen molar-refractivity contribution in [1.29, 1.82) is 0 Å². The van der Waals surface area contributed by atoms with Gasteiger partial charge in [-0.05, 0) is 39.0 Å². The molecule has 0 aliphatic heterocycles. The second-order valence-corrected chi connectivity index (χ2v) is 5.13. The van der Waals surface area contributed by atoms with Gasteiger partial charge in [0.05, 0.1) is 17.1 Å². The minimum absolute atomic E-state index is 0. The van der Waals surface area contributed by atoms with Gasteiger partial charge in [0.25, 0.3) is 0 Å². The van der Waals surface area contributed by atoms with Gasteiger partial charge in [-0.1, -0.05) is 25.3 Å². The van der Waals surface area contributed by atoms with Gasteiger partial charge >= 0.3 is 0 Å². The van der Waals surface area contributed by atoms with Crippen LogP contribution in [-0.4, -0.2) is 29.3 Å². The van der Waals surface area contributed by atoms with Gasteiger partial charge in [-0.2, -0.15) is 15.3 Å². The van der Waals surface area contributed by atoms with Crippen molar-refractivity contribution >= 4 is 0 Å². The molecule has 0 aromatic carbocycles. The minimum atomic E-state index is -0.212. The van der Waals surface area contributed by atoms with Gasteiger partial charge < -0.3 is 0 Å². The molecule has 0 bridgehead atoms. The molecular weight excluding hydrogens is 343 g/mol. The Morgan fingerprint density at radius 3 is 1.21 bits per heavy atom. The molecule has 3 rings (SSSR count). The smallest absolute Gasteiger partial charge is 0.227 e. The summed E-state index contributed by atoms with van der Waals surface area (Å²) in [5.74, 6) is 0. The third-order valence-electron chi connectivity index (χ3n) is 3.10. The van der Waals surface area contributed by atoms with Crippen LogP contribution in [0.25, 0.3) is 0 Å². The molecule has 6 nitrogen and oxygen atoms in total. The van der Waals surface area contributed by atoms with Crippen molar-refractivity contribution in [2.75, 3.05) is 0 Å². The largest absolute Gasteiger partial charge is 0.238 e. The Morgan fingerprint density at radius 2 is 1.04 bits per heavy atom. The predicted octanol–water partition coefficient (Wildman–Crippen LogP) is 3.11. The maximum Gasteiger partial charge on any atom is 0.238 e. The number of aryl methyl sites for hydroxylation is 3. The summed E-state index contributed by atoms with van der Waals surface area (Å²) in [6.45, 7) is 12.6. The molecule has 3 aromatic heterocycles. The average Bonchev–Trinajstić information content (AvgIpc) is 3.24. The Morgan fingerprint density at radius 1 is 0.750 bits per heavy atom. The van der Waals surface area contributed by atoms with Crippen LogP contribution in [0.5, 0.6) is 0 Å². The molecule has 0 fully saturated rings. The van der Waals surface area contributed by atoms with Crippen LogP contribution in [0.4, 0.5) is 0 Å². The number of aromatic nitrogens is 6. The fourth-order valence-corrected chi connectivity index (χ4v) is 2.05. The molecule has 0 N–H and O–H groups in total. The van der Waals surface area contributed by atoms with Gasteiger partial charge in [0, 0.05) is 35.7 Å². The van der Waals surface area contributed by atoms with Crippen molar-refractivity contribution in [3.05, 3.63) is 79.2 Å². The summed E-state index contributed by atoms with van der Waals surface area (Å²) in [4.78, 5) is 0. The van der Waals surface area contributed by atoms with E-state index in [1.165, 1.54) is 0 Å². The summed E-state index contributed by atoms with van der Waals surface area (Å²) in [7, 11) is 0. The number of allylic oxidation sites excluding steroid dienone is 2. The third-order valence-corrected chi connectivity index (χ3v) is 3.10. The van der Waals surface area contributed by atoms with E-state index in [0.29, 0.717) is 0 Å². The Hall–Kier alpha value is -2.37. The molecule has 0 amide bonds. The molecule has 127 valence electrons. The van der Waals surface area contributed by atoms with Crippen molar-refractivity contribution in [2.45, 2.75) is 27.1 Å². The third kappa shape index (κ3) is 4.81. The summed E-state index contributed by atoms with van der Waals surface area (Å²) in [5.41, 5.74) is 2.91. The molecule has 0 aliphatic carbocycles. The zero-order valence-electron chi connectivity index (χ0n) is 14.2. The zero-order chi connectivity index (χ0) is 16.8. The van der Waals surface area contributed by atoms with Crippen molar-refractivity contribution in [1.82, 2.24) is 29.3 Å². The molecule has 0 saturated carbocycles. The van der Waals surface area contributed by atoms with Crippen LogP contribution in [0, 0.1) is 20.8 Å². The number of hydrogen-bond donors (Lipinski definition) is 0. The molecule has 24 heavy (non-hydrogen) atoms. The zero-order valence-corrected chi connectivity index (χ0v) is 15.4. The van der Waals surface area contributed by atoms with Crippen molar-refractivity contribution in [3.63, 3.8) is 0 Å². The molecule has 0 unspecified atom stereocenters. The first kappa shape index (κ1) is 19.7. The van der Waals surface area contributed by atoms with Crippen LogP contribution in [0.15, 0.2) is 62.1 Å². The maximum absolute atomic E-state index is 4.48. The number of nitrogens with zero attached hydrogens (tertiary/aromatic N) is 6. The first-order chi connectivity index (χ1) is 11.0. The Bertz CT molecular complexity index is 681. The maximum atomic E-state index is 4.48. The standard InChI is InChI=1S/C13H16N6.C4H6.Mn/c1-10-4-7-17(14-10)13(18-8-5-11(2)15-18)19-9-6-12(3)16-19;1-3-4-2;/h4-9,13H,1-3H3;3-4H,1-2H2;. The van der Waals surface area contributed by atoms with Gasteiger partial charge in [0.2, 0.25) is 6.29 Å². The summed E-state index contributed by atoms with van der Waals surface area (Å²) in [5, 5.41) is 13.4. The van der Waals surface area contributed by atoms with Gasteiger partial charge in [0.1, 0.15) is 0 Å². The Labute approximate surface area is 153 Å². The number of rotatable bonds is 4.